The smallest absolute Gasteiger partial charge is 0.243 e. The zero-order valence-corrected chi connectivity index (χ0v) is 15.5. The zero-order valence-electron chi connectivity index (χ0n) is 15.5. The Morgan fingerprint density at radius 3 is 2.19 bits per heavy atom. The van der Waals surface area contributed by atoms with E-state index in [2.05, 4.69) is 16.0 Å². The van der Waals surface area contributed by atoms with Crippen LogP contribution in [0.15, 0.2) is 30.3 Å². The van der Waals surface area contributed by atoms with Crippen LogP contribution in [0.25, 0.3) is 0 Å². The summed E-state index contributed by atoms with van der Waals surface area (Å²) in [6, 6.07) is 8.31. The minimum Gasteiger partial charge on any atom is -0.376 e. The van der Waals surface area contributed by atoms with Gasteiger partial charge in [0, 0.05) is 11.4 Å². The molecule has 26 heavy (non-hydrogen) atoms. The first-order valence-electron chi connectivity index (χ1n) is 8.40. The Morgan fingerprint density at radius 1 is 0.885 bits per heavy atom. The Hall–Kier alpha value is -2.89. The van der Waals surface area contributed by atoms with Gasteiger partial charge < -0.3 is 16.0 Å². The van der Waals surface area contributed by atoms with Gasteiger partial charge in [0.25, 0.3) is 0 Å². The topological polar surface area (TPSA) is 70.2 Å². The molecule has 0 bridgehead atoms. The number of amides is 2. The van der Waals surface area contributed by atoms with Gasteiger partial charge >= 0.3 is 0 Å². The molecule has 2 amide bonds. The monoisotopic (exact) mass is 357 g/mol. The molecule has 0 aliphatic rings. The van der Waals surface area contributed by atoms with Gasteiger partial charge in [-0.1, -0.05) is 23.8 Å². The standard InChI is InChI=1S/C20H24FN3O2/c1-12-7-14(3)20(15(4)8-12)24-19(26)11-23-18(25)10-22-17-9-16(21)6-5-13(17)2/h5-9,22H,10-11H2,1-4H3,(H,23,25)(H,24,26). The van der Waals surface area contributed by atoms with Crippen molar-refractivity contribution in [1.82, 2.24) is 5.32 Å². The largest absolute Gasteiger partial charge is 0.376 e. The number of nitrogens with one attached hydrogen (secondary N) is 3. The molecule has 0 saturated heterocycles. The molecule has 0 unspecified atom stereocenters. The predicted octanol–water partition coefficient (Wildman–Crippen LogP) is 3.23. The molecule has 0 radical (unpaired) electrons. The van der Waals surface area contributed by atoms with Crippen LogP contribution in [0.2, 0.25) is 0 Å². The van der Waals surface area contributed by atoms with E-state index in [0.29, 0.717) is 5.69 Å². The van der Waals surface area contributed by atoms with E-state index in [-0.39, 0.29) is 30.7 Å². The van der Waals surface area contributed by atoms with E-state index in [1.165, 1.54) is 12.1 Å². The highest BCUT2D eigenvalue weighted by molar-refractivity contribution is 5.96. The number of rotatable bonds is 6. The normalized spacial score (nSPS) is 10.3. The van der Waals surface area contributed by atoms with Crippen LogP contribution in [0.4, 0.5) is 15.8 Å². The summed E-state index contributed by atoms with van der Waals surface area (Å²) >= 11 is 0. The van der Waals surface area contributed by atoms with Crippen molar-refractivity contribution in [2.45, 2.75) is 27.7 Å². The maximum Gasteiger partial charge on any atom is 0.243 e. The second-order valence-corrected chi connectivity index (χ2v) is 6.41. The second-order valence-electron chi connectivity index (χ2n) is 6.41. The summed E-state index contributed by atoms with van der Waals surface area (Å²) in [4.78, 5) is 24.0. The van der Waals surface area contributed by atoms with Crippen molar-refractivity contribution in [2.75, 3.05) is 23.7 Å². The van der Waals surface area contributed by atoms with Gasteiger partial charge in [-0.3, -0.25) is 9.59 Å². The minimum atomic E-state index is -0.373. The summed E-state index contributed by atoms with van der Waals surface area (Å²) in [6.07, 6.45) is 0. The van der Waals surface area contributed by atoms with Crippen LogP contribution in [-0.4, -0.2) is 24.9 Å². The molecule has 0 aliphatic carbocycles. The molecule has 6 heteroatoms. The minimum absolute atomic E-state index is 0.0415. The average Bonchev–Trinajstić information content (AvgIpc) is 2.57. The van der Waals surface area contributed by atoms with Crippen LogP contribution in [0.1, 0.15) is 22.3 Å². The SMILES string of the molecule is Cc1cc(C)c(NC(=O)CNC(=O)CNc2cc(F)ccc2C)c(C)c1. The first kappa shape index (κ1) is 19.4. The number of carbonyl (C=O) groups is 2. The highest BCUT2D eigenvalue weighted by atomic mass is 19.1. The van der Waals surface area contributed by atoms with Crippen LogP contribution in [-0.2, 0) is 9.59 Å². The fourth-order valence-corrected chi connectivity index (χ4v) is 2.76. The van der Waals surface area contributed by atoms with Crippen LogP contribution in [0.5, 0.6) is 0 Å². The van der Waals surface area contributed by atoms with Gasteiger partial charge in [-0.25, -0.2) is 4.39 Å². The van der Waals surface area contributed by atoms with Gasteiger partial charge in [-0.15, -0.1) is 0 Å². The molecule has 0 atom stereocenters. The Balaban J connectivity index is 1.84. The molecule has 0 spiro atoms. The van der Waals surface area contributed by atoms with Gasteiger partial charge in [-0.2, -0.15) is 0 Å². The van der Waals surface area contributed by atoms with Crippen LogP contribution in [0, 0.1) is 33.5 Å². The molecular weight excluding hydrogens is 333 g/mol. The third kappa shape index (κ3) is 5.31. The molecule has 138 valence electrons. The summed E-state index contributed by atoms with van der Waals surface area (Å²) in [5.74, 6) is -1.02. The zero-order chi connectivity index (χ0) is 19.3. The Kier molecular flexibility index (Phi) is 6.33. The highest BCUT2D eigenvalue weighted by Crippen LogP contribution is 2.21. The van der Waals surface area contributed by atoms with E-state index in [4.69, 9.17) is 0 Å². The Bertz CT molecular complexity index is 811. The molecule has 2 rings (SSSR count). The highest BCUT2D eigenvalue weighted by Gasteiger charge is 2.10. The number of carbonyl (C=O) groups excluding carboxylic acids is 2. The van der Waals surface area contributed by atoms with Crippen LogP contribution in [0.3, 0.4) is 0 Å². The molecule has 0 saturated carbocycles. The van der Waals surface area contributed by atoms with Crippen molar-refractivity contribution in [2.24, 2.45) is 0 Å². The van der Waals surface area contributed by atoms with Crippen molar-refractivity contribution in [1.29, 1.82) is 0 Å². The quantitative estimate of drug-likeness (QED) is 0.743. The number of halogens is 1. The summed E-state index contributed by atoms with van der Waals surface area (Å²) in [5.41, 5.74) is 5.24. The van der Waals surface area contributed by atoms with Gasteiger partial charge in [0.15, 0.2) is 0 Å². The molecular formula is C20H24FN3O2. The number of benzene rings is 2. The number of hydrogen-bond acceptors (Lipinski definition) is 3. The van der Waals surface area contributed by atoms with E-state index < -0.39 is 0 Å². The summed E-state index contributed by atoms with van der Waals surface area (Å²) in [6.45, 7) is 7.51. The van der Waals surface area contributed by atoms with Gasteiger partial charge in [-0.05, 0) is 56.5 Å². The molecule has 0 fully saturated rings. The fourth-order valence-electron chi connectivity index (χ4n) is 2.76. The number of anilines is 2. The first-order chi connectivity index (χ1) is 12.3. The maximum atomic E-state index is 13.2. The van der Waals surface area contributed by atoms with E-state index in [1.54, 1.807) is 6.07 Å². The summed E-state index contributed by atoms with van der Waals surface area (Å²) in [7, 11) is 0. The van der Waals surface area contributed by atoms with Gasteiger partial charge in [0.05, 0.1) is 13.1 Å². The lowest BCUT2D eigenvalue weighted by atomic mass is 10.1. The van der Waals surface area contributed by atoms with Crippen molar-refractivity contribution in [3.05, 3.63) is 58.4 Å². The van der Waals surface area contributed by atoms with Crippen molar-refractivity contribution in [3.63, 3.8) is 0 Å². The molecule has 0 aliphatic heterocycles. The third-order valence-electron chi connectivity index (χ3n) is 4.03. The van der Waals surface area contributed by atoms with Crippen molar-refractivity contribution < 1.29 is 14.0 Å². The second kappa shape index (κ2) is 8.47. The average molecular weight is 357 g/mol. The molecule has 5 nitrogen and oxygen atoms in total. The lowest BCUT2D eigenvalue weighted by Gasteiger charge is -2.13. The van der Waals surface area contributed by atoms with Crippen LogP contribution >= 0.6 is 0 Å². The fraction of sp³-hybridized carbons (Fsp3) is 0.300. The van der Waals surface area contributed by atoms with Crippen molar-refractivity contribution in [3.8, 4) is 0 Å². The Morgan fingerprint density at radius 2 is 1.54 bits per heavy atom. The molecule has 0 aromatic heterocycles. The maximum absolute atomic E-state index is 13.2. The molecule has 3 N–H and O–H groups in total. The number of aryl methyl sites for hydroxylation is 4. The van der Waals surface area contributed by atoms with Gasteiger partial charge in [0.1, 0.15) is 5.82 Å². The predicted molar refractivity (Wildman–Crippen MR) is 102 cm³/mol. The summed E-state index contributed by atoms with van der Waals surface area (Å²) < 4.78 is 13.2. The van der Waals surface area contributed by atoms with Crippen LogP contribution < -0.4 is 16.0 Å². The third-order valence-corrected chi connectivity index (χ3v) is 4.03. The Labute approximate surface area is 153 Å². The van der Waals surface area contributed by atoms with Gasteiger partial charge in [0.2, 0.25) is 11.8 Å². The van der Waals surface area contributed by atoms with E-state index >= 15 is 0 Å². The molecule has 0 heterocycles. The lowest BCUT2D eigenvalue weighted by Crippen LogP contribution is -2.36. The first-order valence-corrected chi connectivity index (χ1v) is 8.40. The molecule has 2 aromatic rings. The summed E-state index contributed by atoms with van der Waals surface area (Å²) in [5, 5.41) is 8.25. The van der Waals surface area contributed by atoms with E-state index in [9.17, 15) is 14.0 Å². The van der Waals surface area contributed by atoms with Crippen molar-refractivity contribution >= 4 is 23.2 Å². The van der Waals surface area contributed by atoms with E-state index in [0.717, 1.165) is 27.9 Å². The molecule has 2 aromatic carbocycles. The van der Waals surface area contributed by atoms with E-state index in [1.807, 2.05) is 39.8 Å². The lowest BCUT2D eigenvalue weighted by molar-refractivity contribution is -0.122. The number of hydrogen-bond donors (Lipinski definition) is 3.